The number of aromatic carboxylic acids is 1. The zero-order valence-corrected chi connectivity index (χ0v) is 10.4. The van der Waals surface area contributed by atoms with Gasteiger partial charge in [-0.1, -0.05) is 0 Å². The number of carboxylic acid groups (broad SMARTS) is 1. The molecule has 0 aliphatic heterocycles. The molecule has 8 nitrogen and oxygen atoms in total. The normalized spacial score (nSPS) is 10.1. The molecule has 2 aromatic rings. The summed E-state index contributed by atoms with van der Waals surface area (Å²) in [4.78, 5) is 28.7. The Bertz CT molecular complexity index is 687. The number of aryl methyl sites for hydroxylation is 1. The van der Waals surface area contributed by atoms with Crippen molar-refractivity contribution >= 4 is 23.2 Å². The summed E-state index contributed by atoms with van der Waals surface area (Å²) in [7, 11) is 0. The molecule has 8 heteroatoms. The van der Waals surface area contributed by atoms with Crippen molar-refractivity contribution < 1.29 is 14.8 Å². The summed E-state index contributed by atoms with van der Waals surface area (Å²) in [5, 5.41) is 22.5. The smallest absolute Gasteiger partial charge is 0.342 e. The quantitative estimate of drug-likeness (QED) is 0.647. The second kappa shape index (κ2) is 5.31. The number of anilines is 2. The van der Waals surface area contributed by atoms with Gasteiger partial charge in [0.15, 0.2) is 0 Å². The number of hydrogen-bond acceptors (Lipinski definition) is 6. The zero-order valence-electron chi connectivity index (χ0n) is 10.4. The van der Waals surface area contributed by atoms with Gasteiger partial charge >= 0.3 is 11.7 Å². The minimum Gasteiger partial charge on any atom is -0.477 e. The zero-order chi connectivity index (χ0) is 14.7. The third-order valence-electron chi connectivity index (χ3n) is 2.46. The summed E-state index contributed by atoms with van der Waals surface area (Å²) in [5.41, 5.74) is 0.552. The van der Waals surface area contributed by atoms with E-state index in [0.717, 1.165) is 17.8 Å². The second-order valence-electron chi connectivity index (χ2n) is 4.02. The van der Waals surface area contributed by atoms with E-state index < -0.39 is 22.1 Å². The average molecular weight is 274 g/mol. The topological polar surface area (TPSA) is 118 Å². The molecule has 0 aliphatic carbocycles. The van der Waals surface area contributed by atoms with E-state index in [2.05, 4.69) is 15.3 Å². The first-order chi connectivity index (χ1) is 9.47. The number of aromatic nitrogens is 2. The van der Waals surface area contributed by atoms with Crippen LogP contribution in [-0.4, -0.2) is 26.0 Å². The fourth-order valence-corrected chi connectivity index (χ4v) is 1.60. The van der Waals surface area contributed by atoms with Gasteiger partial charge < -0.3 is 10.4 Å². The van der Waals surface area contributed by atoms with E-state index in [1.54, 1.807) is 12.3 Å². The molecule has 0 spiro atoms. The van der Waals surface area contributed by atoms with E-state index in [-0.39, 0.29) is 5.82 Å². The molecule has 0 bridgehead atoms. The molecule has 102 valence electrons. The first-order valence-corrected chi connectivity index (χ1v) is 5.54. The fraction of sp³-hybridized carbons (Fsp3) is 0.0833. The number of rotatable bonds is 4. The number of hydrogen-bond donors (Lipinski definition) is 2. The van der Waals surface area contributed by atoms with Gasteiger partial charge in [-0.05, 0) is 18.6 Å². The van der Waals surface area contributed by atoms with E-state index in [1.807, 2.05) is 6.92 Å². The van der Waals surface area contributed by atoms with Crippen molar-refractivity contribution in [3.63, 3.8) is 0 Å². The molecule has 0 unspecified atom stereocenters. The molecular weight excluding hydrogens is 264 g/mol. The molecule has 0 aromatic carbocycles. The highest BCUT2D eigenvalue weighted by atomic mass is 16.6. The maximum Gasteiger partial charge on any atom is 0.342 e. The van der Waals surface area contributed by atoms with Gasteiger partial charge in [0.25, 0.3) is 0 Å². The molecule has 0 radical (unpaired) electrons. The largest absolute Gasteiger partial charge is 0.477 e. The summed E-state index contributed by atoms with van der Waals surface area (Å²) in [6.45, 7) is 1.85. The Morgan fingerprint density at radius 1 is 1.35 bits per heavy atom. The van der Waals surface area contributed by atoms with Crippen LogP contribution < -0.4 is 5.32 Å². The molecule has 0 amide bonds. The van der Waals surface area contributed by atoms with Crippen molar-refractivity contribution in [3.05, 3.63) is 52.0 Å². The van der Waals surface area contributed by atoms with Crippen LogP contribution in [0.5, 0.6) is 0 Å². The van der Waals surface area contributed by atoms with Crippen LogP contribution in [0, 0.1) is 17.0 Å². The van der Waals surface area contributed by atoms with Crippen molar-refractivity contribution in [2.24, 2.45) is 0 Å². The van der Waals surface area contributed by atoms with Gasteiger partial charge in [0.1, 0.15) is 17.6 Å². The van der Waals surface area contributed by atoms with Gasteiger partial charge in [0, 0.05) is 12.3 Å². The Morgan fingerprint density at radius 2 is 2.10 bits per heavy atom. The summed E-state index contributed by atoms with van der Waals surface area (Å²) >= 11 is 0. The van der Waals surface area contributed by atoms with Crippen molar-refractivity contribution in [3.8, 4) is 0 Å². The first-order valence-electron chi connectivity index (χ1n) is 5.54. The Morgan fingerprint density at radius 3 is 2.70 bits per heavy atom. The number of nitrogens with zero attached hydrogens (tertiary/aromatic N) is 3. The lowest BCUT2D eigenvalue weighted by molar-refractivity contribution is -0.385. The van der Waals surface area contributed by atoms with Crippen LogP contribution in [0.3, 0.4) is 0 Å². The van der Waals surface area contributed by atoms with Crippen LogP contribution in [0.1, 0.15) is 15.9 Å². The number of pyridine rings is 2. The van der Waals surface area contributed by atoms with Crippen molar-refractivity contribution in [2.45, 2.75) is 6.92 Å². The monoisotopic (exact) mass is 274 g/mol. The molecule has 2 N–H and O–H groups in total. The van der Waals surface area contributed by atoms with E-state index >= 15 is 0 Å². The Labute approximate surface area is 113 Å². The van der Waals surface area contributed by atoms with Gasteiger partial charge in [-0.3, -0.25) is 15.1 Å². The van der Waals surface area contributed by atoms with Gasteiger partial charge in [-0.15, -0.1) is 0 Å². The maximum atomic E-state index is 11.0. The molecule has 0 saturated carbocycles. The van der Waals surface area contributed by atoms with Crippen molar-refractivity contribution in [1.29, 1.82) is 0 Å². The summed E-state index contributed by atoms with van der Waals surface area (Å²) in [5.74, 6) is -1.19. The molecule has 2 heterocycles. The predicted molar refractivity (Wildman–Crippen MR) is 70.1 cm³/mol. The predicted octanol–water partition coefficient (Wildman–Crippen LogP) is 2.14. The second-order valence-corrected chi connectivity index (χ2v) is 4.02. The lowest BCUT2D eigenvalue weighted by Crippen LogP contribution is -2.05. The lowest BCUT2D eigenvalue weighted by Gasteiger charge is -2.06. The Hall–Kier alpha value is -3.03. The van der Waals surface area contributed by atoms with Crippen LogP contribution in [0.4, 0.5) is 17.2 Å². The van der Waals surface area contributed by atoms with Gasteiger partial charge in [-0.2, -0.15) is 0 Å². The minimum absolute atomic E-state index is 0.195. The Balaban J connectivity index is 2.36. The van der Waals surface area contributed by atoms with Crippen LogP contribution in [0.15, 0.2) is 30.7 Å². The molecule has 0 atom stereocenters. The molecule has 0 aliphatic rings. The maximum absolute atomic E-state index is 11.0. The molecular formula is C12H10N4O4. The third kappa shape index (κ3) is 2.86. The standard InChI is InChI=1S/C12H10N4O4/c1-7-2-8(5-13-4-7)15-11-3-9(12(17)18)10(6-14-11)16(19)20/h2-6H,1H3,(H,14,15)(H,17,18). The van der Waals surface area contributed by atoms with E-state index in [0.29, 0.717) is 5.69 Å². The SMILES string of the molecule is Cc1cncc(Nc2cc(C(=O)O)c([N+](=O)[O-])cn2)c1. The average Bonchev–Trinajstić information content (AvgIpc) is 2.38. The van der Waals surface area contributed by atoms with Crippen LogP contribution >= 0.6 is 0 Å². The van der Waals surface area contributed by atoms with Gasteiger partial charge in [-0.25, -0.2) is 9.78 Å². The van der Waals surface area contributed by atoms with Gasteiger partial charge in [0.2, 0.25) is 0 Å². The molecule has 0 saturated heterocycles. The third-order valence-corrected chi connectivity index (χ3v) is 2.46. The first kappa shape index (κ1) is 13.4. The molecule has 2 aromatic heterocycles. The van der Waals surface area contributed by atoms with Gasteiger partial charge in [0.05, 0.1) is 16.8 Å². The number of nitro groups is 1. The highest BCUT2D eigenvalue weighted by molar-refractivity contribution is 5.93. The van der Waals surface area contributed by atoms with Crippen LogP contribution in [0.25, 0.3) is 0 Å². The van der Waals surface area contributed by atoms with Crippen molar-refractivity contribution in [1.82, 2.24) is 9.97 Å². The summed E-state index contributed by atoms with van der Waals surface area (Å²) in [6, 6.07) is 2.90. The van der Waals surface area contributed by atoms with Crippen LogP contribution in [-0.2, 0) is 0 Å². The highest BCUT2D eigenvalue weighted by Gasteiger charge is 2.21. The molecule has 0 fully saturated rings. The number of carbonyl (C=O) groups is 1. The van der Waals surface area contributed by atoms with E-state index in [1.165, 1.54) is 6.20 Å². The molecule has 2 rings (SSSR count). The summed E-state index contributed by atoms with van der Waals surface area (Å²) in [6.07, 6.45) is 4.11. The minimum atomic E-state index is -1.38. The lowest BCUT2D eigenvalue weighted by atomic mass is 10.2. The fourth-order valence-electron chi connectivity index (χ4n) is 1.60. The van der Waals surface area contributed by atoms with E-state index in [4.69, 9.17) is 5.11 Å². The summed E-state index contributed by atoms with van der Waals surface area (Å²) < 4.78 is 0. The number of carboxylic acids is 1. The van der Waals surface area contributed by atoms with E-state index in [9.17, 15) is 14.9 Å². The van der Waals surface area contributed by atoms with Crippen LogP contribution in [0.2, 0.25) is 0 Å². The highest BCUT2D eigenvalue weighted by Crippen LogP contribution is 2.22. The Kier molecular flexibility index (Phi) is 3.56. The molecule has 20 heavy (non-hydrogen) atoms. The number of nitrogens with one attached hydrogen (secondary N) is 1. The van der Waals surface area contributed by atoms with Crippen molar-refractivity contribution in [2.75, 3.05) is 5.32 Å².